The highest BCUT2D eigenvalue weighted by Gasteiger charge is 2.27. The molecule has 1 heterocycles. The first-order valence-electron chi connectivity index (χ1n) is 12.4. The van der Waals surface area contributed by atoms with E-state index in [-0.39, 0.29) is 6.09 Å². The van der Waals surface area contributed by atoms with E-state index in [4.69, 9.17) is 4.74 Å². The molecule has 0 saturated carbocycles. The molecule has 0 atom stereocenters. The van der Waals surface area contributed by atoms with Crippen LogP contribution in [0, 0.1) is 20.8 Å². The minimum atomic E-state index is -0.443. The van der Waals surface area contributed by atoms with Crippen molar-refractivity contribution in [1.29, 1.82) is 0 Å². The van der Waals surface area contributed by atoms with Crippen LogP contribution in [-0.4, -0.2) is 42.4 Å². The SMILES string of the molecule is C=C=C(C)C/C=C\C.CN=C1CCN(C(=O)OC(C)(C)C)CC1=C(C)C.Cc1cc(C)cc(C)c1. The molecule has 0 radical (unpaired) electrons. The lowest BCUT2D eigenvalue weighted by Gasteiger charge is -2.32. The third-order valence-corrected chi connectivity index (χ3v) is 5.17. The lowest BCUT2D eigenvalue weighted by Crippen LogP contribution is -2.43. The van der Waals surface area contributed by atoms with Gasteiger partial charge in [-0.05, 0) is 86.8 Å². The van der Waals surface area contributed by atoms with Crippen molar-refractivity contribution < 1.29 is 9.53 Å². The average molecular weight is 481 g/mol. The molecule has 0 unspecified atom stereocenters. The van der Waals surface area contributed by atoms with Gasteiger partial charge in [0.05, 0.1) is 6.54 Å². The van der Waals surface area contributed by atoms with Crippen molar-refractivity contribution in [3.05, 3.63) is 76.1 Å². The van der Waals surface area contributed by atoms with Crippen LogP contribution in [0.25, 0.3) is 0 Å². The summed E-state index contributed by atoms with van der Waals surface area (Å²) < 4.78 is 5.40. The minimum absolute atomic E-state index is 0.239. The summed E-state index contributed by atoms with van der Waals surface area (Å²) in [6, 6.07) is 6.56. The molecule has 0 bridgehead atoms. The van der Waals surface area contributed by atoms with Gasteiger partial charge in [0.25, 0.3) is 0 Å². The Bertz CT molecular complexity index is 914. The summed E-state index contributed by atoms with van der Waals surface area (Å²) in [5.74, 6) is 0. The van der Waals surface area contributed by atoms with Crippen LogP contribution >= 0.6 is 0 Å². The quantitative estimate of drug-likeness (QED) is 0.315. The van der Waals surface area contributed by atoms with E-state index in [9.17, 15) is 4.79 Å². The van der Waals surface area contributed by atoms with Gasteiger partial charge >= 0.3 is 6.09 Å². The Hall–Kier alpha value is -2.84. The van der Waals surface area contributed by atoms with E-state index in [2.05, 4.69) is 76.2 Å². The second-order valence-corrected chi connectivity index (χ2v) is 10.2. The van der Waals surface area contributed by atoms with E-state index in [0.717, 1.165) is 24.1 Å². The van der Waals surface area contributed by atoms with E-state index >= 15 is 0 Å². The van der Waals surface area contributed by atoms with Gasteiger partial charge in [-0.15, -0.1) is 5.73 Å². The number of carbonyl (C=O) groups is 1. The van der Waals surface area contributed by atoms with E-state index < -0.39 is 5.60 Å². The fourth-order valence-corrected chi connectivity index (χ4v) is 3.50. The number of carbonyl (C=O) groups excluding carboxylic acids is 1. The van der Waals surface area contributed by atoms with Gasteiger partial charge in [0, 0.05) is 25.7 Å². The zero-order valence-electron chi connectivity index (χ0n) is 24.1. The van der Waals surface area contributed by atoms with Crippen molar-refractivity contribution in [3.8, 4) is 0 Å². The Morgan fingerprint density at radius 1 is 1.11 bits per heavy atom. The summed E-state index contributed by atoms with van der Waals surface area (Å²) in [5, 5.41) is 0. The van der Waals surface area contributed by atoms with Gasteiger partial charge in [0.1, 0.15) is 5.60 Å². The predicted molar refractivity (Wildman–Crippen MR) is 153 cm³/mol. The number of likely N-dealkylation sites (tertiary alicyclic amines) is 1. The first-order valence-corrected chi connectivity index (χ1v) is 12.4. The molecule has 0 N–H and O–H groups in total. The smallest absolute Gasteiger partial charge is 0.410 e. The summed E-state index contributed by atoms with van der Waals surface area (Å²) in [4.78, 5) is 18.1. The maximum Gasteiger partial charge on any atom is 0.410 e. The Morgan fingerprint density at radius 3 is 2.00 bits per heavy atom. The molecule has 1 aromatic rings. The molecule has 1 saturated heterocycles. The number of benzene rings is 1. The molecule has 0 aliphatic carbocycles. The van der Waals surface area contributed by atoms with Crippen molar-refractivity contribution in [1.82, 2.24) is 4.90 Å². The summed E-state index contributed by atoms with van der Waals surface area (Å²) in [5.41, 5.74) is 11.1. The number of aliphatic imine (C=N–C) groups is 1. The number of piperidine rings is 1. The summed E-state index contributed by atoms with van der Waals surface area (Å²) >= 11 is 0. The minimum Gasteiger partial charge on any atom is -0.444 e. The zero-order chi connectivity index (χ0) is 27.2. The molecular weight excluding hydrogens is 432 g/mol. The van der Waals surface area contributed by atoms with Crippen LogP contribution in [0.5, 0.6) is 0 Å². The topological polar surface area (TPSA) is 41.9 Å². The molecular formula is C31H48N2O2. The van der Waals surface area contributed by atoms with Crippen molar-refractivity contribution in [3.63, 3.8) is 0 Å². The number of hydrogen-bond donors (Lipinski definition) is 0. The highest BCUT2D eigenvalue weighted by atomic mass is 16.6. The molecule has 4 heteroatoms. The fourth-order valence-electron chi connectivity index (χ4n) is 3.50. The first-order chi connectivity index (χ1) is 16.2. The van der Waals surface area contributed by atoms with E-state index in [1.54, 1.807) is 11.9 Å². The Morgan fingerprint density at radius 2 is 1.63 bits per heavy atom. The number of aryl methyl sites for hydroxylation is 3. The average Bonchev–Trinajstić information content (AvgIpc) is 2.75. The van der Waals surface area contributed by atoms with Gasteiger partial charge in [-0.2, -0.15) is 0 Å². The lowest BCUT2D eigenvalue weighted by atomic mass is 9.98. The number of ether oxygens (including phenoxy) is 1. The van der Waals surface area contributed by atoms with Gasteiger partial charge in [0.15, 0.2) is 0 Å². The van der Waals surface area contributed by atoms with Crippen LogP contribution in [0.15, 0.2) is 64.4 Å². The fraction of sp³-hybridized carbons (Fsp3) is 0.516. The third-order valence-electron chi connectivity index (χ3n) is 5.17. The molecule has 194 valence electrons. The molecule has 0 aromatic heterocycles. The largest absolute Gasteiger partial charge is 0.444 e. The molecule has 1 aromatic carbocycles. The van der Waals surface area contributed by atoms with Crippen LogP contribution in [0.2, 0.25) is 0 Å². The maximum absolute atomic E-state index is 12.0. The van der Waals surface area contributed by atoms with Crippen LogP contribution in [0.3, 0.4) is 0 Å². The zero-order valence-corrected chi connectivity index (χ0v) is 24.1. The van der Waals surface area contributed by atoms with Crippen molar-refractivity contribution in [2.75, 3.05) is 20.1 Å². The van der Waals surface area contributed by atoms with Gasteiger partial charge in [-0.3, -0.25) is 4.99 Å². The van der Waals surface area contributed by atoms with Gasteiger partial charge < -0.3 is 9.64 Å². The van der Waals surface area contributed by atoms with Crippen molar-refractivity contribution in [2.45, 2.75) is 87.7 Å². The van der Waals surface area contributed by atoms with Crippen molar-refractivity contribution in [2.24, 2.45) is 4.99 Å². The highest BCUT2D eigenvalue weighted by molar-refractivity contribution is 6.02. The molecule has 2 rings (SSSR count). The van der Waals surface area contributed by atoms with Gasteiger partial charge in [-0.25, -0.2) is 4.79 Å². The normalized spacial score (nSPS) is 14.4. The van der Waals surface area contributed by atoms with E-state index in [1.165, 1.54) is 27.8 Å². The van der Waals surface area contributed by atoms with Crippen molar-refractivity contribution >= 4 is 11.8 Å². The van der Waals surface area contributed by atoms with Gasteiger partial charge in [0.2, 0.25) is 0 Å². The standard InChI is InChI=1S/C14H24N2O2.C9H12.C8H12/c1-10(2)11-9-16(8-7-12(11)15-6)13(17)18-14(3,4)5;1-7-4-8(2)6-9(3)5-7;1-4-6-7-8(3)5-2/h7-9H2,1-6H3;4-6H,1-3H3;4,6H,2,7H2,1,3H3/b;;6-4-. The first kappa shape index (κ1) is 32.2. The molecule has 35 heavy (non-hydrogen) atoms. The number of rotatable bonds is 2. The van der Waals surface area contributed by atoms with Crippen LogP contribution in [0.1, 0.15) is 78.0 Å². The van der Waals surface area contributed by atoms with Gasteiger partial charge in [-0.1, -0.05) is 59.2 Å². The molecule has 1 fully saturated rings. The Kier molecular flexibility index (Phi) is 14.7. The molecule has 1 amide bonds. The van der Waals surface area contributed by atoms with Crippen LogP contribution in [0.4, 0.5) is 4.79 Å². The molecule has 4 nitrogen and oxygen atoms in total. The number of nitrogens with zero attached hydrogens (tertiary/aromatic N) is 2. The Balaban J connectivity index is 0.000000566. The van der Waals surface area contributed by atoms with Crippen LogP contribution in [-0.2, 0) is 4.74 Å². The molecule has 1 aliphatic heterocycles. The number of allylic oxidation sites excluding steroid dienone is 4. The summed E-state index contributed by atoms with van der Waals surface area (Å²) in [6.45, 7) is 25.0. The number of hydrogen-bond acceptors (Lipinski definition) is 3. The molecule has 1 aliphatic rings. The third kappa shape index (κ3) is 14.2. The molecule has 0 spiro atoms. The summed E-state index contributed by atoms with van der Waals surface area (Å²) in [6.07, 6.45) is 5.67. The van der Waals surface area contributed by atoms with Crippen LogP contribution < -0.4 is 0 Å². The number of amides is 1. The monoisotopic (exact) mass is 480 g/mol. The second kappa shape index (κ2) is 15.9. The highest BCUT2D eigenvalue weighted by Crippen LogP contribution is 2.19. The summed E-state index contributed by atoms with van der Waals surface area (Å²) in [7, 11) is 1.81. The predicted octanol–water partition coefficient (Wildman–Crippen LogP) is 8.33. The second-order valence-electron chi connectivity index (χ2n) is 10.2. The maximum atomic E-state index is 12.0. The van der Waals surface area contributed by atoms with E-state index in [1.807, 2.05) is 40.7 Å². The Labute approximate surface area is 215 Å². The van der Waals surface area contributed by atoms with E-state index in [0.29, 0.717) is 13.1 Å². The lowest BCUT2D eigenvalue weighted by molar-refractivity contribution is 0.0267.